The van der Waals surface area contributed by atoms with Crippen molar-refractivity contribution in [2.75, 3.05) is 6.54 Å². The third kappa shape index (κ3) is 6.14. The van der Waals surface area contributed by atoms with Gasteiger partial charge in [0.05, 0.1) is 22.2 Å². The Kier molecular flexibility index (Phi) is 7.66. The molecule has 0 aliphatic rings. The summed E-state index contributed by atoms with van der Waals surface area (Å²) in [5, 5.41) is 16.8. The molecule has 4 N–H and O–H groups in total. The molecule has 0 radical (unpaired) electrons. The summed E-state index contributed by atoms with van der Waals surface area (Å²) in [4.78, 5) is 35.6. The van der Waals surface area contributed by atoms with Crippen LogP contribution in [-0.2, 0) is 11.3 Å². The molecule has 0 saturated carbocycles. The number of nitrogens with one attached hydrogen (secondary N) is 3. The van der Waals surface area contributed by atoms with Crippen LogP contribution >= 0.6 is 23.2 Å². The minimum atomic E-state index is -1.36. The molecule has 0 heterocycles. The van der Waals surface area contributed by atoms with E-state index < -0.39 is 23.9 Å². The summed E-state index contributed by atoms with van der Waals surface area (Å²) < 4.78 is 0. The molecule has 2 rings (SSSR count). The van der Waals surface area contributed by atoms with Gasteiger partial charge in [-0.25, -0.2) is 9.59 Å². The minimum Gasteiger partial charge on any atom is -0.480 e. The fourth-order valence-electron chi connectivity index (χ4n) is 2.29. The lowest BCUT2D eigenvalue weighted by Crippen LogP contribution is -2.50. The molecular weight excluding hydrogens is 405 g/mol. The summed E-state index contributed by atoms with van der Waals surface area (Å²) in [6.07, 6.45) is 0. The van der Waals surface area contributed by atoms with Crippen molar-refractivity contribution in [3.63, 3.8) is 0 Å². The van der Waals surface area contributed by atoms with E-state index in [0.29, 0.717) is 0 Å². The van der Waals surface area contributed by atoms with Crippen molar-refractivity contribution in [3.05, 3.63) is 69.2 Å². The van der Waals surface area contributed by atoms with E-state index in [1.165, 1.54) is 12.1 Å². The van der Waals surface area contributed by atoms with Gasteiger partial charge in [0.15, 0.2) is 0 Å². The van der Waals surface area contributed by atoms with Crippen molar-refractivity contribution >= 4 is 41.1 Å². The number of carbonyl (C=O) groups excluding carboxylic acids is 2. The van der Waals surface area contributed by atoms with E-state index in [9.17, 15) is 19.5 Å². The molecule has 0 bridgehead atoms. The minimum absolute atomic E-state index is 0.0269. The Balaban J connectivity index is 1.90. The van der Waals surface area contributed by atoms with E-state index in [-0.39, 0.29) is 28.7 Å². The second-order valence-electron chi connectivity index (χ2n) is 6.01. The van der Waals surface area contributed by atoms with Crippen molar-refractivity contribution < 1.29 is 19.5 Å². The van der Waals surface area contributed by atoms with Crippen molar-refractivity contribution in [1.82, 2.24) is 16.0 Å². The third-order valence-electron chi connectivity index (χ3n) is 3.83. The number of urea groups is 1. The van der Waals surface area contributed by atoms with E-state index in [1.807, 2.05) is 31.2 Å². The van der Waals surface area contributed by atoms with Gasteiger partial charge in [0.1, 0.15) is 6.04 Å². The molecule has 2 aromatic carbocycles. The van der Waals surface area contributed by atoms with Crippen LogP contribution in [0.15, 0.2) is 42.5 Å². The van der Waals surface area contributed by atoms with Gasteiger partial charge < -0.3 is 21.1 Å². The number of hydrogen-bond donors (Lipinski definition) is 4. The number of carbonyl (C=O) groups is 3. The van der Waals surface area contributed by atoms with E-state index in [0.717, 1.165) is 11.1 Å². The molecular formula is C19H19Cl2N3O4. The number of benzene rings is 2. The zero-order valence-corrected chi connectivity index (χ0v) is 16.5. The van der Waals surface area contributed by atoms with Crippen molar-refractivity contribution in [2.45, 2.75) is 19.5 Å². The SMILES string of the molecule is Cc1ccc(CNC(=O)NCC(NC(=O)c2c(Cl)cccc2Cl)C(=O)O)cc1. The predicted octanol–water partition coefficient (Wildman–Crippen LogP) is 2.98. The first-order valence-corrected chi connectivity index (χ1v) is 9.08. The number of rotatable bonds is 7. The second kappa shape index (κ2) is 9.96. The maximum Gasteiger partial charge on any atom is 0.328 e. The first-order chi connectivity index (χ1) is 13.3. The number of hydrogen-bond acceptors (Lipinski definition) is 3. The largest absolute Gasteiger partial charge is 0.480 e. The number of halogens is 2. The monoisotopic (exact) mass is 423 g/mol. The van der Waals surface area contributed by atoms with Gasteiger partial charge in [0.2, 0.25) is 0 Å². The first-order valence-electron chi connectivity index (χ1n) is 8.33. The van der Waals surface area contributed by atoms with Gasteiger partial charge in [-0.1, -0.05) is 59.1 Å². The molecule has 0 fully saturated rings. The van der Waals surface area contributed by atoms with Crippen molar-refractivity contribution in [2.24, 2.45) is 0 Å². The highest BCUT2D eigenvalue weighted by Gasteiger charge is 2.23. The molecule has 1 unspecified atom stereocenters. The van der Waals surface area contributed by atoms with Crippen LogP contribution in [0.1, 0.15) is 21.5 Å². The van der Waals surface area contributed by atoms with Crippen molar-refractivity contribution in [1.29, 1.82) is 0 Å². The molecule has 3 amide bonds. The standard InChI is InChI=1S/C19H19Cl2N3O4/c1-11-5-7-12(8-6-11)9-22-19(28)23-10-15(18(26)27)24-17(25)16-13(20)3-2-4-14(16)21/h2-8,15H,9-10H2,1H3,(H,24,25)(H,26,27)(H2,22,23,28). The van der Waals surface area contributed by atoms with Crippen LogP contribution in [0.4, 0.5) is 4.79 Å². The van der Waals surface area contributed by atoms with Gasteiger partial charge in [0.25, 0.3) is 5.91 Å². The van der Waals surface area contributed by atoms with Crippen molar-refractivity contribution in [3.8, 4) is 0 Å². The summed E-state index contributed by atoms with van der Waals surface area (Å²) >= 11 is 11.9. The maximum absolute atomic E-state index is 12.3. The van der Waals surface area contributed by atoms with Crippen LogP contribution in [-0.4, -0.2) is 35.6 Å². The van der Waals surface area contributed by atoms with E-state index in [2.05, 4.69) is 16.0 Å². The maximum atomic E-state index is 12.3. The van der Waals surface area contributed by atoms with E-state index in [1.54, 1.807) is 6.07 Å². The highest BCUT2D eigenvalue weighted by atomic mass is 35.5. The van der Waals surface area contributed by atoms with Gasteiger partial charge >= 0.3 is 12.0 Å². The lowest BCUT2D eigenvalue weighted by Gasteiger charge is -2.16. The zero-order valence-electron chi connectivity index (χ0n) is 15.0. The van der Waals surface area contributed by atoms with Crippen LogP contribution < -0.4 is 16.0 Å². The normalized spacial score (nSPS) is 11.4. The average molecular weight is 424 g/mol. The highest BCUT2D eigenvalue weighted by molar-refractivity contribution is 6.39. The van der Waals surface area contributed by atoms with Crippen LogP contribution in [0.5, 0.6) is 0 Å². The summed E-state index contributed by atoms with van der Waals surface area (Å²) in [7, 11) is 0. The van der Waals surface area contributed by atoms with E-state index in [4.69, 9.17) is 23.2 Å². The molecule has 28 heavy (non-hydrogen) atoms. The van der Waals surface area contributed by atoms with Gasteiger partial charge in [-0.2, -0.15) is 0 Å². The molecule has 1 atom stereocenters. The summed E-state index contributed by atoms with van der Waals surface area (Å²) in [6.45, 7) is 1.92. The quantitative estimate of drug-likeness (QED) is 0.548. The predicted molar refractivity (Wildman–Crippen MR) is 107 cm³/mol. The van der Waals surface area contributed by atoms with Gasteiger partial charge in [-0.15, -0.1) is 0 Å². The molecule has 148 valence electrons. The van der Waals surface area contributed by atoms with Gasteiger partial charge in [0, 0.05) is 6.54 Å². The Bertz CT molecular complexity index is 852. The first kappa shape index (κ1) is 21.5. The molecule has 2 aromatic rings. The Hall–Kier alpha value is -2.77. The molecule has 0 aromatic heterocycles. The zero-order chi connectivity index (χ0) is 20.7. The highest BCUT2D eigenvalue weighted by Crippen LogP contribution is 2.24. The number of amides is 3. The Labute approximate surface area is 172 Å². The Morgan fingerprint density at radius 2 is 1.61 bits per heavy atom. The molecule has 7 nitrogen and oxygen atoms in total. The Morgan fingerprint density at radius 1 is 1.00 bits per heavy atom. The molecule has 0 aliphatic carbocycles. The lowest BCUT2D eigenvalue weighted by molar-refractivity contribution is -0.139. The number of aliphatic carboxylic acids is 1. The summed E-state index contributed by atoms with van der Waals surface area (Å²) in [5.41, 5.74) is 1.98. The molecule has 0 spiro atoms. The topological polar surface area (TPSA) is 108 Å². The van der Waals surface area contributed by atoms with Crippen LogP contribution in [0.3, 0.4) is 0 Å². The lowest BCUT2D eigenvalue weighted by atomic mass is 10.1. The van der Waals surface area contributed by atoms with E-state index >= 15 is 0 Å². The Morgan fingerprint density at radius 3 is 2.18 bits per heavy atom. The average Bonchev–Trinajstić information content (AvgIpc) is 2.64. The smallest absolute Gasteiger partial charge is 0.328 e. The fraction of sp³-hybridized carbons (Fsp3) is 0.211. The fourth-order valence-corrected chi connectivity index (χ4v) is 2.86. The third-order valence-corrected chi connectivity index (χ3v) is 4.46. The number of aryl methyl sites for hydroxylation is 1. The molecule has 9 heteroatoms. The summed E-state index contributed by atoms with van der Waals surface area (Å²) in [6, 6.07) is 10.2. The molecule has 0 aliphatic heterocycles. The molecule has 0 saturated heterocycles. The van der Waals surface area contributed by atoms with Crippen LogP contribution in [0.25, 0.3) is 0 Å². The second-order valence-corrected chi connectivity index (χ2v) is 6.82. The van der Waals surface area contributed by atoms with Crippen LogP contribution in [0.2, 0.25) is 10.0 Å². The number of carboxylic acids is 1. The van der Waals surface area contributed by atoms with Gasteiger partial charge in [-0.3, -0.25) is 4.79 Å². The van der Waals surface area contributed by atoms with Gasteiger partial charge in [-0.05, 0) is 24.6 Å². The summed E-state index contributed by atoms with van der Waals surface area (Å²) in [5.74, 6) is -2.06. The van der Waals surface area contributed by atoms with Crippen LogP contribution in [0, 0.1) is 6.92 Å². The number of carboxylic acid groups (broad SMARTS) is 1.